The lowest BCUT2D eigenvalue weighted by atomic mass is 9.76. The number of fused-ring (bicyclic) bond motifs is 1. The fourth-order valence-electron chi connectivity index (χ4n) is 3.81. The number of ketones is 1. The predicted molar refractivity (Wildman–Crippen MR) is 83.8 cm³/mol. The third-order valence-electron chi connectivity index (χ3n) is 5.00. The van der Waals surface area contributed by atoms with Crippen molar-refractivity contribution in [2.45, 2.75) is 57.8 Å². The van der Waals surface area contributed by atoms with Crippen LogP contribution in [0.1, 0.15) is 68.1 Å². The number of carbonyl (C=O) groups excluding carboxylic acids is 1. The van der Waals surface area contributed by atoms with E-state index >= 15 is 0 Å². The highest BCUT2D eigenvalue weighted by atomic mass is 16.1. The average Bonchev–Trinajstić information content (AvgIpc) is 2.48. The zero-order valence-electron chi connectivity index (χ0n) is 12.4. The second-order valence-corrected chi connectivity index (χ2v) is 6.44. The van der Waals surface area contributed by atoms with E-state index in [-0.39, 0.29) is 5.78 Å². The molecule has 0 aliphatic heterocycles. The van der Waals surface area contributed by atoms with Crippen LogP contribution in [0.4, 0.5) is 0 Å². The molecule has 0 atom stereocenters. The first kappa shape index (κ1) is 13.6. The molecule has 0 unspecified atom stereocenters. The Balaban J connectivity index is 1.71. The van der Waals surface area contributed by atoms with E-state index in [1.54, 1.807) is 6.08 Å². The molecule has 20 heavy (non-hydrogen) atoms. The fourth-order valence-corrected chi connectivity index (χ4v) is 3.81. The molecular formula is C19H24O. The molecule has 3 rings (SSSR count). The van der Waals surface area contributed by atoms with Crippen molar-refractivity contribution >= 4 is 11.9 Å². The van der Waals surface area contributed by atoms with Gasteiger partial charge in [0.2, 0.25) is 0 Å². The lowest BCUT2D eigenvalue weighted by molar-refractivity contribution is -0.114. The van der Waals surface area contributed by atoms with Crippen LogP contribution in [0.3, 0.4) is 0 Å². The van der Waals surface area contributed by atoms with Crippen LogP contribution in [0, 0.1) is 5.92 Å². The van der Waals surface area contributed by atoms with Gasteiger partial charge in [0.15, 0.2) is 5.78 Å². The van der Waals surface area contributed by atoms with Crippen molar-refractivity contribution in [2.75, 3.05) is 0 Å². The van der Waals surface area contributed by atoms with Crippen LogP contribution in [0.25, 0.3) is 6.08 Å². The molecule has 0 radical (unpaired) electrons. The lowest BCUT2D eigenvalue weighted by Crippen LogP contribution is -2.14. The smallest absolute Gasteiger partial charge is 0.160 e. The SMILES string of the molecule is CCCC1CCC(c2ccc3c(c2)C=CC(=O)C3)CC1. The summed E-state index contributed by atoms with van der Waals surface area (Å²) in [6.45, 7) is 2.29. The molecule has 1 fully saturated rings. The van der Waals surface area contributed by atoms with Crippen LogP contribution in [0.5, 0.6) is 0 Å². The first-order chi connectivity index (χ1) is 9.76. The molecule has 1 heteroatoms. The Hall–Kier alpha value is -1.37. The molecule has 1 nitrogen and oxygen atoms in total. The number of allylic oxidation sites excluding steroid dienone is 1. The van der Waals surface area contributed by atoms with Crippen LogP contribution in [-0.2, 0) is 11.2 Å². The number of rotatable bonds is 3. The molecule has 0 N–H and O–H groups in total. The third-order valence-corrected chi connectivity index (χ3v) is 5.00. The molecule has 2 aliphatic carbocycles. The monoisotopic (exact) mass is 268 g/mol. The van der Waals surface area contributed by atoms with Gasteiger partial charge in [-0.3, -0.25) is 4.79 Å². The Kier molecular flexibility index (Phi) is 4.05. The summed E-state index contributed by atoms with van der Waals surface area (Å²) in [4.78, 5) is 11.4. The predicted octanol–water partition coefficient (Wildman–Crippen LogP) is 4.90. The summed E-state index contributed by atoms with van der Waals surface area (Å²) in [7, 11) is 0. The molecule has 2 aliphatic rings. The van der Waals surface area contributed by atoms with Crippen molar-refractivity contribution in [2.24, 2.45) is 5.92 Å². The van der Waals surface area contributed by atoms with E-state index in [0.29, 0.717) is 6.42 Å². The summed E-state index contributed by atoms with van der Waals surface area (Å²) >= 11 is 0. The van der Waals surface area contributed by atoms with Gasteiger partial charge in [0, 0.05) is 6.42 Å². The number of hydrogen-bond donors (Lipinski definition) is 0. The summed E-state index contributed by atoms with van der Waals surface area (Å²) in [5, 5.41) is 0. The minimum atomic E-state index is 0.227. The molecule has 0 spiro atoms. The van der Waals surface area contributed by atoms with Crippen molar-refractivity contribution in [3.05, 3.63) is 41.0 Å². The van der Waals surface area contributed by atoms with E-state index in [1.165, 1.54) is 55.2 Å². The second kappa shape index (κ2) is 5.95. The maximum atomic E-state index is 11.4. The minimum Gasteiger partial charge on any atom is -0.294 e. The molecule has 0 heterocycles. The Morgan fingerprint density at radius 2 is 1.90 bits per heavy atom. The molecule has 0 bridgehead atoms. The van der Waals surface area contributed by atoms with Crippen molar-refractivity contribution in [3.63, 3.8) is 0 Å². The highest BCUT2D eigenvalue weighted by molar-refractivity contribution is 5.98. The van der Waals surface area contributed by atoms with E-state index in [2.05, 4.69) is 25.1 Å². The lowest BCUT2D eigenvalue weighted by Gasteiger charge is -2.29. The number of benzene rings is 1. The molecule has 0 aromatic heterocycles. The molecule has 1 saturated carbocycles. The molecule has 0 amide bonds. The van der Waals surface area contributed by atoms with Gasteiger partial charge in [0.1, 0.15) is 0 Å². The summed E-state index contributed by atoms with van der Waals surface area (Å²) in [6, 6.07) is 6.75. The summed E-state index contributed by atoms with van der Waals surface area (Å²) in [5.41, 5.74) is 3.94. The fraction of sp³-hybridized carbons (Fsp3) is 0.526. The van der Waals surface area contributed by atoms with E-state index in [0.717, 1.165) is 11.8 Å². The van der Waals surface area contributed by atoms with Crippen LogP contribution in [0.2, 0.25) is 0 Å². The van der Waals surface area contributed by atoms with E-state index in [1.807, 2.05) is 6.08 Å². The van der Waals surface area contributed by atoms with Gasteiger partial charge in [-0.05, 0) is 60.3 Å². The van der Waals surface area contributed by atoms with Crippen LogP contribution >= 0.6 is 0 Å². The largest absolute Gasteiger partial charge is 0.294 e. The maximum absolute atomic E-state index is 11.4. The van der Waals surface area contributed by atoms with E-state index < -0.39 is 0 Å². The van der Waals surface area contributed by atoms with Gasteiger partial charge in [-0.1, -0.05) is 44.0 Å². The first-order valence-corrected chi connectivity index (χ1v) is 8.10. The Morgan fingerprint density at radius 3 is 2.65 bits per heavy atom. The Bertz CT molecular complexity index is 519. The topological polar surface area (TPSA) is 17.1 Å². The van der Waals surface area contributed by atoms with Crippen LogP contribution in [0.15, 0.2) is 24.3 Å². The zero-order chi connectivity index (χ0) is 13.9. The van der Waals surface area contributed by atoms with Crippen LogP contribution in [-0.4, -0.2) is 5.78 Å². The Morgan fingerprint density at radius 1 is 1.10 bits per heavy atom. The van der Waals surface area contributed by atoms with Crippen molar-refractivity contribution < 1.29 is 4.79 Å². The standard InChI is InChI=1S/C19H24O/c1-2-3-14-4-6-15(7-5-14)16-8-9-18-13-19(20)11-10-17(18)12-16/h8-12,14-15H,2-7,13H2,1H3. The summed E-state index contributed by atoms with van der Waals surface area (Å²) in [5.74, 6) is 1.93. The van der Waals surface area contributed by atoms with Gasteiger partial charge >= 0.3 is 0 Å². The molecule has 1 aromatic carbocycles. The first-order valence-electron chi connectivity index (χ1n) is 8.10. The van der Waals surface area contributed by atoms with Crippen LogP contribution < -0.4 is 0 Å². The molecule has 106 valence electrons. The quantitative estimate of drug-likeness (QED) is 0.762. The highest BCUT2D eigenvalue weighted by Crippen LogP contribution is 2.38. The summed E-state index contributed by atoms with van der Waals surface area (Å²) < 4.78 is 0. The van der Waals surface area contributed by atoms with E-state index in [9.17, 15) is 4.79 Å². The van der Waals surface area contributed by atoms with Crippen molar-refractivity contribution in [3.8, 4) is 0 Å². The Labute approximate surface area is 122 Å². The highest BCUT2D eigenvalue weighted by Gasteiger charge is 2.22. The third kappa shape index (κ3) is 2.87. The second-order valence-electron chi connectivity index (χ2n) is 6.44. The number of hydrogen-bond acceptors (Lipinski definition) is 1. The average molecular weight is 268 g/mol. The molecular weight excluding hydrogens is 244 g/mol. The molecule has 0 saturated heterocycles. The molecule has 1 aromatic rings. The van der Waals surface area contributed by atoms with Crippen molar-refractivity contribution in [1.29, 1.82) is 0 Å². The minimum absolute atomic E-state index is 0.227. The summed E-state index contributed by atoms with van der Waals surface area (Å²) in [6.07, 6.45) is 12.5. The van der Waals surface area contributed by atoms with Gasteiger partial charge in [0.05, 0.1) is 0 Å². The van der Waals surface area contributed by atoms with Gasteiger partial charge in [-0.15, -0.1) is 0 Å². The van der Waals surface area contributed by atoms with Gasteiger partial charge in [-0.2, -0.15) is 0 Å². The zero-order valence-corrected chi connectivity index (χ0v) is 12.4. The maximum Gasteiger partial charge on any atom is 0.160 e. The number of carbonyl (C=O) groups is 1. The van der Waals surface area contributed by atoms with Gasteiger partial charge < -0.3 is 0 Å². The van der Waals surface area contributed by atoms with E-state index in [4.69, 9.17) is 0 Å². The van der Waals surface area contributed by atoms with Crippen molar-refractivity contribution in [1.82, 2.24) is 0 Å². The van der Waals surface area contributed by atoms with Gasteiger partial charge in [0.25, 0.3) is 0 Å². The van der Waals surface area contributed by atoms with Gasteiger partial charge in [-0.25, -0.2) is 0 Å². The normalized spacial score (nSPS) is 25.6.